The molecule has 0 aliphatic heterocycles. The van der Waals surface area contributed by atoms with Crippen molar-refractivity contribution in [2.24, 2.45) is 5.41 Å². The number of aromatic nitrogens is 1. The van der Waals surface area contributed by atoms with Gasteiger partial charge in [-0.1, -0.05) is 25.4 Å². The molecule has 1 saturated carbocycles. The first kappa shape index (κ1) is 15.1. The van der Waals surface area contributed by atoms with Crippen LogP contribution in [0.25, 0.3) is 0 Å². The normalized spacial score (nSPS) is 15.8. The van der Waals surface area contributed by atoms with E-state index in [0.717, 1.165) is 19.4 Å². The summed E-state index contributed by atoms with van der Waals surface area (Å²) in [5.41, 5.74) is 0.625. The van der Waals surface area contributed by atoms with Gasteiger partial charge in [-0.2, -0.15) is 0 Å². The van der Waals surface area contributed by atoms with Crippen LogP contribution >= 0.6 is 11.6 Å². The van der Waals surface area contributed by atoms with Crippen LogP contribution in [0.4, 0.5) is 5.82 Å². The molecular formula is C15H22ClN3O. The minimum Gasteiger partial charge on any atom is -0.370 e. The fourth-order valence-electron chi connectivity index (χ4n) is 2.14. The van der Waals surface area contributed by atoms with E-state index in [9.17, 15) is 4.79 Å². The number of halogens is 1. The fourth-order valence-corrected chi connectivity index (χ4v) is 2.33. The molecule has 0 spiro atoms. The van der Waals surface area contributed by atoms with Crippen molar-refractivity contribution in [2.45, 2.75) is 39.5 Å². The van der Waals surface area contributed by atoms with Crippen molar-refractivity contribution in [1.82, 2.24) is 10.3 Å². The standard InChI is InChI=1S/C15H22ClN3O/c1-3-9-17-12-6-5-11(16)13(19-12)14(20)18-10-15(4-2)7-8-15/h5-6H,3-4,7-10H2,1-2H3,(H,17,19)(H,18,20). The molecule has 0 aromatic carbocycles. The summed E-state index contributed by atoms with van der Waals surface area (Å²) in [6, 6.07) is 3.51. The highest BCUT2D eigenvalue weighted by molar-refractivity contribution is 6.33. The molecule has 1 aromatic heterocycles. The second-order valence-corrected chi connectivity index (χ2v) is 5.90. The Hall–Kier alpha value is -1.29. The van der Waals surface area contributed by atoms with Crippen LogP contribution in [0.5, 0.6) is 0 Å². The Morgan fingerprint density at radius 2 is 2.15 bits per heavy atom. The summed E-state index contributed by atoms with van der Waals surface area (Å²) >= 11 is 6.07. The SMILES string of the molecule is CCCNc1ccc(Cl)c(C(=O)NCC2(CC)CC2)n1. The van der Waals surface area contributed by atoms with Crippen LogP contribution in [0.2, 0.25) is 5.02 Å². The lowest BCUT2D eigenvalue weighted by Crippen LogP contribution is -2.31. The van der Waals surface area contributed by atoms with Gasteiger partial charge in [0, 0.05) is 13.1 Å². The second kappa shape index (κ2) is 6.44. The Morgan fingerprint density at radius 1 is 1.40 bits per heavy atom. The average molecular weight is 296 g/mol. The highest BCUT2D eigenvalue weighted by Gasteiger charge is 2.40. The van der Waals surface area contributed by atoms with E-state index in [2.05, 4.69) is 29.5 Å². The van der Waals surface area contributed by atoms with Crippen LogP contribution in [0.15, 0.2) is 12.1 Å². The van der Waals surface area contributed by atoms with E-state index in [1.807, 2.05) is 0 Å². The topological polar surface area (TPSA) is 54.0 Å². The average Bonchev–Trinajstić information content (AvgIpc) is 3.24. The minimum absolute atomic E-state index is 0.185. The maximum absolute atomic E-state index is 12.2. The van der Waals surface area contributed by atoms with Gasteiger partial charge in [0.15, 0.2) is 0 Å². The molecule has 110 valence electrons. The molecule has 0 radical (unpaired) electrons. The van der Waals surface area contributed by atoms with E-state index in [4.69, 9.17) is 11.6 Å². The van der Waals surface area contributed by atoms with E-state index < -0.39 is 0 Å². The molecule has 0 saturated heterocycles. The highest BCUT2D eigenvalue weighted by atomic mass is 35.5. The van der Waals surface area contributed by atoms with Crippen LogP contribution < -0.4 is 10.6 Å². The summed E-state index contributed by atoms with van der Waals surface area (Å²) < 4.78 is 0. The van der Waals surface area contributed by atoms with Gasteiger partial charge in [-0.3, -0.25) is 4.79 Å². The molecule has 20 heavy (non-hydrogen) atoms. The maximum Gasteiger partial charge on any atom is 0.271 e. The quantitative estimate of drug-likeness (QED) is 0.810. The molecule has 2 N–H and O–H groups in total. The first-order valence-corrected chi connectivity index (χ1v) is 7.66. The lowest BCUT2D eigenvalue weighted by Gasteiger charge is -2.14. The number of nitrogens with one attached hydrogen (secondary N) is 2. The van der Waals surface area contributed by atoms with Gasteiger partial charge in [-0.25, -0.2) is 4.98 Å². The number of hydrogen-bond acceptors (Lipinski definition) is 3. The Balaban J connectivity index is 2.00. The van der Waals surface area contributed by atoms with Crippen LogP contribution in [0, 0.1) is 5.41 Å². The van der Waals surface area contributed by atoms with Crippen molar-refractivity contribution in [1.29, 1.82) is 0 Å². The molecule has 1 aliphatic carbocycles. The van der Waals surface area contributed by atoms with Gasteiger partial charge < -0.3 is 10.6 Å². The van der Waals surface area contributed by atoms with Crippen LogP contribution in [0.3, 0.4) is 0 Å². The van der Waals surface area contributed by atoms with E-state index >= 15 is 0 Å². The van der Waals surface area contributed by atoms with Crippen molar-refractivity contribution < 1.29 is 4.79 Å². The molecule has 1 amide bonds. The number of hydrogen-bond donors (Lipinski definition) is 2. The first-order valence-electron chi connectivity index (χ1n) is 7.29. The number of rotatable bonds is 7. The van der Waals surface area contributed by atoms with E-state index in [1.165, 1.54) is 12.8 Å². The number of nitrogens with zero attached hydrogens (tertiary/aromatic N) is 1. The largest absolute Gasteiger partial charge is 0.370 e. The molecule has 2 rings (SSSR count). The third-order valence-corrected chi connectivity index (χ3v) is 4.25. The molecule has 0 atom stereocenters. The maximum atomic E-state index is 12.2. The van der Waals surface area contributed by atoms with Gasteiger partial charge in [0.1, 0.15) is 11.5 Å². The Morgan fingerprint density at radius 3 is 2.75 bits per heavy atom. The van der Waals surface area contributed by atoms with E-state index in [-0.39, 0.29) is 5.91 Å². The van der Waals surface area contributed by atoms with Crippen LogP contribution in [0.1, 0.15) is 50.0 Å². The van der Waals surface area contributed by atoms with Gasteiger partial charge >= 0.3 is 0 Å². The van der Waals surface area contributed by atoms with Crippen molar-refractivity contribution in [3.8, 4) is 0 Å². The van der Waals surface area contributed by atoms with E-state index in [0.29, 0.717) is 28.5 Å². The zero-order valence-electron chi connectivity index (χ0n) is 12.1. The van der Waals surface area contributed by atoms with Gasteiger partial charge in [0.05, 0.1) is 5.02 Å². The van der Waals surface area contributed by atoms with Crippen molar-refractivity contribution in [2.75, 3.05) is 18.4 Å². The minimum atomic E-state index is -0.185. The molecule has 0 unspecified atom stereocenters. The summed E-state index contributed by atoms with van der Waals surface area (Å²) in [7, 11) is 0. The van der Waals surface area contributed by atoms with Gasteiger partial charge in [0.25, 0.3) is 5.91 Å². The molecular weight excluding hydrogens is 274 g/mol. The van der Waals surface area contributed by atoms with Gasteiger partial charge in [0.2, 0.25) is 0 Å². The lowest BCUT2D eigenvalue weighted by molar-refractivity contribution is 0.0939. The number of carbonyl (C=O) groups excluding carboxylic acids is 1. The van der Waals surface area contributed by atoms with Crippen LogP contribution in [-0.4, -0.2) is 24.0 Å². The van der Waals surface area contributed by atoms with Crippen LogP contribution in [-0.2, 0) is 0 Å². The zero-order chi connectivity index (χ0) is 14.6. The monoisotopic (exact) mass is 295 g/mol. The second-order valence-electron chi connectivity index (χ2n) is 5.49. The molecule has 1 fully saturated rings. The Labute approximate surface area is 125 Å². The molecule has 5 heteroatoms. The van der Waals surface area contributed by atoms with Crippen molar-refractivity contribution in [3.05, 3.63) is 22.8 Å². The number of amides is 1. The molecule has 1 aromatic rings. The van der Waals surface area contributed by atoms with Crippen molar-refractivity contribution in [3.63, 3.8) is 0 Å². The third-order valence-electron chi connectivity index (χ3n) is 3.95. The molecule has 1 aliphatic rings. The smallest absolute Gasteiger partial charge is 0.271 e. The molecule has 0 bridgehead atoms. The summed E-state index contributed by atoms with van der Waals surface area (Å²) in [5.74, 6) is 0.507. The summed E-state index contributed by atoms with van der Waals surface area (Å²) in [6.45, 7) is 5.79. The third kappa shape index (κ3) is 3.63. The predicted molar refractivity (Wildman–Crippen MR) is 82.3 cm³/mol. The Kier molecular flexibility index (Phi) is 4.86. The number of anilines is 1. The van der Waals surface area contributed by atoms with Gasteiger partial charge in [-0.15, -0.1) is 0 Å². The summed E-state index contributed by atoms with van der Waals surface area (Å²) in [5, 5.41) is 6.52. The Bertz CT molecular complexity index is 486. The number of carbonyl (C=O) groups is 1. The summed E-state index contributed by atoms with van der Waals surface area (Å²) in [4.78, 5) is 16.5. The molecule has 1 heterocycles. The lowest BCUT2D eigenvalue weighted by atomic mass is 10.0. The van der Waals surface area contributed by atoms with E-state index in [1.54, 1.807) is 12.1 Å². The molecule has 4 nitrogen and oxygen atoms in total. The zero-order valence-corrected chi connectivity index (χ0v) is 12.9. The van der Waals surface area contributed by atoms with Crippen molar-refractivity contribution >= 4 is 23.3 Å². The summed E-state index contributed by atoms with van der Waals surface area (Å²) in [6.07, 6.45) is 4.50. The predicted octanol–water partition coefficient (Wildman–Crippen LogP) is 3.48. The first-order chi connectivity index (χ1) is 9.60. The van der Waals surface area contributed by atoms with Gasteiger partial charge in [-0.05, 0) is 43.2 Å². The fraction of sp³-hybridized carbons (Fsp3) is 0.600. The highest BCUT2D eigenvalue weighted by Crippen LogP contribution is 2.47. The number of pyridine rings is 1.